The molecule has 2 nitrogen and oxygen atoms in total. The summed E-state index contributed by atoms with van der Waals surface area (Å²) in [4.78, 5) is 0. The van der Waals surface area contributed by atoms with Gasteiger partial charge in [0.05, 0.1) is 6.10 Å². The van der Waals surface area contributed by atoms with E-state index in [0.29, 0.717) is 17.6 Å². The molecule has 3 saturated carbocycles. The second-order valence-corrected chi connectivity index (χ2v) is 7.84. The Kier molecular flexibility index (Phi) is 2.58. The monoisotopic (exact) mass is 249 g/mol. The van der Waals surface area contributed by atoms with Gasteiger partial charge >= 0.3 is 0 Å². The third-order valence-electron chi connectivity index (χ3n) is 6.46. The number of rotatable bonds is 2. The van der Waals surface area contributed by atoms with Crippen molar-refractivity contribution in [3.63, 3.8) is 0 Å². The molecule has 4 rings (SSSR count). The van der Waals surface area contributed by atoms with Crippen LogP contribution in [0.2, 0.25) is 0 Å². The van der Waals surface area contributed by atoms with E-state index in [4.69, 9.17) is 4.74 Å². The van der Waals surface area contributed by atoms with Crippen LogP contribution in [-0.2, 0) is 4.74 Å². The Morgan fingerprint density at radius 1 is 1.11 bits per heavy atom. The Morgan fingerprint density at radius 2 is 2.00 bits per heavy atom. The first-order chi connectivity index (χ1) is 8.66. The van der Waals surface area contributed by atoms with Crippen molar-refractivity contribution in [1.29, 1.82) is 0 Å². The van der Waals surface area contributed by atoms with Crippen LogP contribution in [0.5, 0.6) is 0 Å². The highest BCUT2D eigenvalue weighted by Crippen LogP contribution is 2.53. The molecule has 0 aromatic carbocycles. The Labute approximate surface area is 111 Å². The zero-order chi connectivity index (χ0) is 12.3. The minimum Gasteiger partial charge on any atom is -0.377 e. The van der Waals surface area contributed by atoms with Gasteiger partial charge in [0.1, 0.15) is 0 Å². The lowest BCUT2D eigenvalue weighted by Gasteiger charge is -2.61. The first kappa shape index (κ1) is 11.7. The number of fused-ring (bicyclic) bond motifs is 3. The van der Waals surface area contributed by atoms with Gasteiger partial charge in [-0.05, 0) is 43.9 Å². The third-order valence-corrected chi connectivity index (χ3v) is 6.46. The molecule has 1 N–H and O–H groups in total. The highest BCUT2D eigenvalue weighted by molar-refractivity contribution is 5.12. The van der Waals surface area contributed by atoms with E-state index in [0.717, 1.165) is 30.4 Å². The molecule has 0 aromatic rings. The van der Waals surface area contributed by atoms with E-state index in [1.54, 1.807) is 0 Å². The Hall–Kier alpha value is -0.0800. The molecular formula is C16H27NO. The summed E-state index contributed by atoms with van der Waals surface area (Å²) in [6.45, 7) is 5.81. The summed E-state index contributed by atoms with van der Waals surface area (Å²) in [5, 5.41) is 4.06. The molecule has 3 aliphatic carbocycles. The average Bonchev–Trinajstić information content (AvgIpc) is 2.98. The molecule has 2 bridgehead atoms. The van der Waals surface area contributed by atoms with Crippen molar-refractivity contribution in [3.05, 3.63) is 0 Å². The van der Waals surface area contributed by atoms with Gasteiger partial charge in [0, 0.05) is 30.0 Å². The molecule has 2 heteroatoms. The fraction of sp³-hybridized carbons (Fsp3) is 1.00. The lowest BCUT2D eigenvalue weighted by atomic mass is 9.55. The molecule has 1 heterocycles. The van der Waals surface area contributed by atoms with Gasteiger partial charge in [-0.1, -0.05) is 20.3 Å². The van der Waals surface area contributed by atoms with E-state index < -0.39 is 0 Å². The largest absolute Gasteiger partial charge is 0.377 e. The molecule has 1 aliphatic heterocycles. The Bertz CT molecular complexity index is 340. The number of ether oxygens (including phenoxy) is 1. The zero-order valence-corrected chi connectivity index (χ0v) is 11.8. The summed E-state index contributed by atoms with van der Waals surface area (Å²) >= 11 is 0. The fourth-order valence-electron chi connectivity index (χ4n) is 5.54. The van der Waals surface area contributed by atoms with Crippen LogP contribution >= 0.6 is 0 Å². The van der Waals surface area contributed by atoms with Crippen molar-refractivity contribution in [1.82, 2.24) is 5.32 Å². The van der Waals surface area contributed by atoms with Gasteiger partial charge in [0.2, 0.25) is 0 Å². The number of hydrogen-bond donors (Lipinski definition) is 1. The maximum atomic E-state index is 6.01. The molecule has 0 spiro atoms. The lowest BCUT2D eigenvalue weighted by molar-refractivity contribution is -0.195. The topological polar surface area (TPSA) is 21.3 Å². The molecule has 4 fully saturated rings. The van der Waals surface area contributed by atoms with Crippen molar-refractivity contribution in [2.45, 2.75) is 70.6 Å². The Morgan fingerprint density at radius 3 is 2.72 bits per heavy atom. The zero-order valence-electron chi connectivity index (χ0n) is 11.8. The normalized spacial score (nSPS) is 53.0. The standard InChI is InChI=1S/C16H27NO/c1-16(2)14(12-4-3-7-18-15(12)16)17-13-9-10-5-6-11(13)8-10/h10-15,17H,3-9H2,1-2H3. The number of hydrogen-bond acceptors (Lipinski definition) is 2. The van der Waals surface area contributed by atoms with Crippen molar-refractivity contribution >= 4 is 0 Å². The van der Waals surface area contributed by atoms with Gasteiger partial charge in [-0.15, -0.1) is 0 Å². The minimum absolute atomic E-state index is 0.354. The maximum absolute atomic E-state index is 6.01. The van der Waals surface area contributed by atoms with E-state index >= 15 is 0 Å². The van der Waals surface area contributed by atoms with Gasteiger partial charge in [-0.3, -0.25) is 0 Å². The van der Waals surface area contributed by atoms with E-state index in [-0.39, 0.29) is 0 Å². The van der Waals surface area contributed by atoms with E-state index in [9.17, 15) is 0 Å². The van der Waals surface area contributed by atoms with Crippen molar-refractivity contribution in [2.75, 3.05) is 6.61 Å². The van der Waals surface area contributed by atoms with Crippen LogP contribution in [0.1, 0.15) is 52.4 Å². The van der Waals surface area contributed by atoms with Gasteiger partial charge in [-0.25, -0.2) is 0 Å². The lowest BCUT2D eigenvalue weighted by Crippen LogP contribution is -2.70. The second kappa shape index (κ2) is 3.96. The molecule has 102 valence electrons. The van der Waals surface area contributed by atoms with Crippen molar-refractivity contribution in [3.8, 4) is 0 Å². The highest BCUT2D eigenvalue weighted by atomic mass is 16.5. The quantitative estimate of drug-likeness (QED) is 0.812. The van der Waals surface area contributed by atoms with Crippen LogP contribution in [0.4, 0.5) is 0 Å². The van der Waals surface area contributed by atoms with E-state index in [2.05, 4.69) is 19.2 Å². The smallest absolute Gasteiger partial charge is 0.0684 e. The second-order valence-electron chi connectivity index (χ2n) is 7.84. The molecular weight excluding hydrogens is 222 g/mol. The fourth-order valence-corrected chi connectivity index (χ4v) is 5.54. The predicted molar refractivity (Wildman–Crippen MR) is 72.4 cm³/mol. The van der Waals surface area contributed by atoms with Crippen LogP contribution in [0.3, 0.4) is 0 Å². The molecule has 6 unspecified atom stereocenters. The molecule has 1 saturated heterocycles. The maximum Gasteiger partial charge on any atom is 0.0684 e. The molecule has 6 atom stereocenters. The van der Waals surface area contributed by atoms with Gasteiger partial charge in [-0.2, -0.15) is 0 Å². The van der Waals surface area contributed by atoms with Crippen LogP contribution in [0.25, 0.3) is 0 Å². The van der Waals surface area contributed by atoms with Crippen molar-refractivity contribution < 1.29 is 4.74 Å². The summed E-state index contributed by atoms with van der Waals surface area (Å²) in [6.07, 6.45) is 9.14. The summed E-state index contributed by atoms with van der Waals surface area (Å²) in [5.74, 6) is 2.84. The summed E-state index contributed by atoms with van der Waals surface area (Å²) in [6, 6.07) is 1.54. The predicted octanol–water partition coefficient (Wildman–Crippen LogP) is 2.97. The molecule has 18 heavy (non-hydrogen) atoms. The van der Waals surface area contributed by atoms with Crippen LogP contribution in [0.15, 0.2) is 0 Å². The van der Waals surface area contributed by atoms with Gasteiger partial charge in [0.25, 0.3) is 0 Å². The SMILES string of the molecule is CC1(C)C(NC2CC3CCC2C3)C2CCCOC21. The van der Waals surface area contributed by atoms with Gasteiger partial charge < -0.3 is 10.1 Å². The van der Waals surface area contributed by atoms with Crippen molar-refractivity contribution in [2.24, 2.45) is 23.2 Å². The average molecular weight is 249 g/mol. The molecule has 0 radical (unpaired) electrons. The van der Waals surface area contributed by atoms with Gasteiger partial charge in [0.15, 0.2) is 0 Å². The first-order valence-corrected chi connectivity index (χ1v) is 8.04. The Balaban J connectivity index is 1.45. The summed E-state index contributed by atoms with van der Waals surface area (Å²) in [5.41, 5.74) is 0.354. The molecule has 4 aliphatic rings. The third kappa shape index (κ3) is 1.54. The summed E-state index contributed by atoms with van der Waals surface area (Å²) < 4.78 is 6.01. The van der Waals surface area contributed by atoms with Crippen LogP contribution in [0, 0.1) is 23.2 Å². The van der Waals surface area contributed by atoms with E-state index in [1.807, 2.05) is 0 Å². The molecule has 0 aromatic heterocycles. The van der Waals surface area contributed by atoms with Crippen LogP contribution < -0.4 is 5.32 Å². The summed E-state index contributed by atoms with van der Waals surface area (Å²) in [7, 11) is 0. The number of nitrogens with one attached hydrogen (secondary N) is 1. The van der Waals surface area contributed by atoms with E-state index in [1.165, 1.54) is 38.5 Å². The highest BCUT2D eigenvalue weighted by Gasteiger charge is 2.58. The molecule has 0 amide bonds. The minimum atomic E-state index is 0.354. The van der Waals surface area contributed by atoms with Crippen LogP contribution in [-0.4, -0.2) is 24.8 Å². The first-order valence-electron chi connectivity index (χ1n) is 8.04.